The van der Waals surface area contributed by atoms with Gasteiger partial charge in [-0.05, 0) is 25.0 Å². The van der Waals surface area contributed by atoms with Gasteiger partial charge in [0.05, 0.1) is 6.10 Å². The Bertz CT molecular complexity index is 399. The molecule has 1 fully saturated rings. The summed E-state index contributed by atoms with van der Waals surface area (Å²) in [6.45, 7) is 1.57. The number of anilines is 1. The maximum Gasteiger partial charge on any atom is 0.273 e. The maximum atomic E-state index is 11.6. The number of carbonyl (C=O) groups excluding carboxylic acids is 1. The van der Waals surface area contributed by atoms with Gasteiger partial charge in [0.25, 0.3) is 5.91 Å². The van der Waals surface area contributed by atoms with Crippen LogP contribution >= 0.6 is 0 Å². The van der Waals surface area contributed by atoms with Crippen LogP contribution in [0.25, 0.3) is 0 Å². The van der Waals surface area contributed by atoms with Gasteiger partial charge in [-0.3, -0.25) is 4.79 Å². The van der Waals surface area contributed by atoms with E-state index in [1.54, 1.807) is 26.2 Å². The number of hydrogen-bond donors (Lipinski definition) is 1. The van der Waals surface area contributed by atoms with Gasteiger partial charge in [0.15, 0.2) is 5.69 Å². The zero-order valence-electron chi connectivity index (χ0n) is 10.7. The number of ether oxygens (including phenoxy) is 1. The van der Waals surface area contributed by atoms with E-state index in [4.69, 9.17) is 4.74 Å². The van der Waals surface area contributed by atoms with Gasteiger partial charge in [0.2, 0.25) is 0 Å². The molecule has 18 heavy (non-hydrogen) atoms. The third-order valence-electron chi connectivity index (χ3n) is 2.82. The molecule has 1 unspecified atom stereocenters. The van der Waals surface area contributed by atoms with Crippen LogP contribution in [0.5, 0.6) is 0 Å². The lowest BCUT2D eigenvalue weighted by molar-refractivity contribution is 0.0821. The molecular weight excluding hydrogens is 232 g/mol. The molecule has 1 amide bonds. The Labute approximate surface area is 106 Å². The number of nitrogens with zero attached hydrogens (tertiary/aromatic N) is 3. The average molecular weight is 250 g/mol. The molecule has 0 saturated carbocycles. The van der Waals surface area contributed by atoms with Gasteiger partial charge in [0, 0.05) is 27.2 Å². The summed E-state index contributed by atoms with van der Waals surface area (Å²) < 4.78 is 5.50. The molecule has 1 aromatic rings. The fourth-order valence-electron chi connectivity index (χ4n) is 1.79. The second-order valence-electron chi connectivity index (χ2n) is 4.52. The smallest absolute Gasteiger partial charge is 0.273 e. The first-order chi connectivity index (χ1) is 8.66. The summed E-state index contributed by atoms with van der Waals surface area (Å²) >= 11 is 0. The fraction of sp³-hybridized carbons (Fsp3) is 0.583. The van der Waals surface area contributed by atoms with Crippen molar-refractivity contribution < 1.29 is 9.53 Å². The van der Waals surface area contributed by atoms with Crippen LogP contribution in [-0.2, 0) is 4.74 Å². The van der Waals surface area contributed by atoms with Crippen LogP contribution in [0.1, 0.15) is 23.3 Å². The molecule has 6 nitrogen and oxygen atoms in total. The summed E-state index contributed by atoms with van der Waals surface area (Å²) in [5, 5.41) is 11.0. The highest BCUT2D eigenvalue weighted by molar-refractivity contribution is 5.91. The van der Waals surface area contributed by atoms with E-state index in [-0.39, 0.29) is 12.0 Å². The number of rotatable bonds is 4. The number of carbonyl (C=O) groups is 1. The van der Waals surface area contributed by atoms with E-state index >= 15 is 0 Å². The summed E-state index contributed by atoms with van der Waals surface area (Å²) in [5.74, 6) is 0.522. The summed E-state index contributed by atoms with van der Waals surface area (Å²) in [7, 11) is 3.38. The molecule has 2 heterocycles. The zero-order chi connectivity index (χ0) is 13.0. The molecule has 6 heteroatoms. The third-order valence-corrected chi connectivity index (χ3v) is 2.82. The predicted molar refractivity (Wildman–Crippen MR) is 67.5 cm³/mol. The van der Waals surface area contributed by atoms with Crippen molar-refractivity contribution in [2.24, 2.45) is 0 Å². The lowest BCUT2D eigenvalue weighted by atomic mass is 10.2. The van der Waals surface area contributed by atoms with Crippen molar-refractivity contribution in [3.63, 3.8) is 0 Å². The number of nitrogens with one attached hydrogen (secondary N) is 1. The fourth-order valence-corrected chi connectivity index (χ4v) is 1.79. The Morgan fingerprint density at radius 2 is 2.33 bits per heavy atom. The molecule has 1 saturated heterocycles. The van der Waals surface area contributed by atoms with Crippen LogP contribution in [0.4, 0.5) is 5.82 Å². The molecule has 0 aromatic carbocycles. The molecule has 98 valence electrons. The Morgan fingerprint density at radius 3 is 2.89 bits per heavy atom. The Kier molecular flexibility index (Phi) is 4.09. The van der Waals surface area contributed by atoms with E-state index in [0.717, 1.165) is 26.0 Å². The standard InChI is InChI=1S/C12H18N4O2/c1-16(2)12(17)10-5-6-11(15-14-10)13-8-9-4-3-7-18-9/h5-6,9H,3-4,7-8H2,1-2H3,(H,13,15). The first-order valence-electron chi connectivity index (χ1n) is 6.07. The van der Waals surface area contributed by atoms with Gasteiger partial charge in [0.1, 0.15) is 5.82 Å². The zero-order valence-corrected chi connectivity index (χ0v) is 10.7. The minimum absolute atomic E-state index is 0.145. The first-order valence-corrected chi connectivity index (χ1v) is 6.07. The van der Waals surface area contributed by atoms with Gasteiger partial charge in [-0.2, -0.15) is 0 Å². The minimum Gasteiger partial charge on any atom is -0.376 e. The van der Waals surface area contributed by atoms with E-state index in [2.05, 4.69) is 15.5 Å². The van der Waals surface area contributed by atoms with Crippen molar-refractivity contribution in [3.05, 3.63) is 17.8 Å². The van der Waals surface area contributed by atoms with Crippen molar-refractivity contribution in [2.75, 3.05) is 32.6 Å². The molecule has 0 bridgehead atoms. The maximum absolute atomic E-state index is 11.6. The molecule has 0 spiro atoms. The number of amides is 1. The predicted octanol–water partition coefficient (Wildman–Crippen LogP) is 0.769. The van der Waals surface area contributed by atoms with E-state index in [9.17, 15) is 4.79 Å². The Morgan fingerprint density at radius 1 is 1.50 bits per heavy atom. The van der Waals surface area contributed by atoms with Crippen LogP contribution in [0.15, 0.2) is 12.1 Å². The van der Waals surface area contributed by atoms with Crippen LogP contribution in [0.3, 0.4) is 0 Å². The SMILES string of the molecule is CN(C)C(=O)c1ccc(NCC2CCCO2)nn1. The van der Waals surface area contributed by atoms with E-state index in [0.29, 0.717) is 11.5 Å². The highest BCUT2D eigenvalue weighted by Gasteiger charge is 2.15. The highest BCUT2D eigenvalue weighted by atomic mass is 16.5. The number of hydrogen-bond acceptors (Lipinski definition) is 5. The molecule has 1 atom stereocenters. The second-order valence-corrected chi connectivity index (χ2v) is 4.52. The quantitative estimate of drug-likeness (QED) is 0.855. The molecule has 1 aromatic heterocycles. The first kappa shape index (κ1) is 12.8. The molecule has 1 aliphatic heterocycles. The van der Waals surface area contributed by atoms with Gasteiger partial charge in [-0.15, -0.1) is 10.2 Å². The highest BCUT2D eigenvalue weighted by Crippen LogP contribution is 2.12. The largest absolute Gasteiger partial charge is 0.376 e. The summed E-state index contributed by atoms with van der Waals surface area (Å²) in [5.41, 5.74) is 0.350. The summed E-state index contributed by atoms with van der Waals surface area (Å²) in [6.07, 6.45) is 2.46. The monoisotopic (exact) mass is 250 g/mol. The molecule has 1 aliphatic rings. The van der Waals surface area contributed by atoms with E-state index in [1.807, 2.05) is 0 Å². The van der Waals surface area contributed by atoms with Crippen LogP contribution in [0, 0.1) is 0 Å². The van der Waals surface area contributed by atoms with Gasteiger partial charge in [-0.25, -0.2) is 0 Å². The van der Waals surface area contributed by atoms with Gasteiger partial charge in [-0.1, -0.05) is 0 Å². The van der Waals surface area contributed by atoms with E-state index < -0.39 is 0 Å². The average Bonchev–Trinajstić information content (AvgIpc) is 2.89. The van der Waals surface area contributed by atoms with Crippen LogP contribution in [-0.4, -0.2) is 54.4 Å². The lowest BCUT2D eigenvalue weighted by Crippen LogP contribution is -2.23. The minimum atomic E-state index is -0.145. The van der Waals surface area contributed by atoms with Crippen molar-refractivity contribution in [3.8, 4) is 0 Å². The molecule has 2 rings (SSSR count). The van der Waals surface area contributed by atoms with Gasteiger partial charge < -0.3 is 15.0 Å². The summed E-state index contributed by atoms with van der Waals surface area (Å²) in [6, 6.07) is 3.44. The molecular formula is C12H18N4O2. The lowest BCUT2D eigenvalue weighted by Gasteiger charge is -2.11. The Hall–Kier alpha value is -1.69. The van der Waals surface area contributed by atoms with E-state index in [1.165, 1.54) is 4.90 Å². The van der Waals surface area contributed by atoms with Crippen molar-refractivity contribution >= 4 is 11.7 Å². The topological polar surface area (TPSA) is 67.4 Å². The number of aromatic nitrogens is 2. The van der Waals surface area contributed by atoms with Crippen molar-refractivity contribution in [1.82, 2.24) is 15.1 Å². The third kappa shape index (κ3) is 3.16. The van der Waals surface area contributed by atoms with Crippen molar-refractivity contribution in [1.29, 1.82) is 0 Å². The Balaban J connectivity index is 1.89. The normalized spacial score (nSPS) is 18.7. The van der Waals surface area contributed by atoms with Crippen LogP contribution in [0.2, 0.25) is 0 Å². The molecule has 0 radical (unpaired) electrons. The van der Waals surface area contributed by atoms with Crippen molar-refractivity contribution in [2.45, 2.75) is 18.9 Å². The van der Waals surface area contributed by atoms with Gasteiger partial charge >= 0.3 is 0 Å². The summed E-state index contributed by atoms with van der Waals surface area (Å²) in [4.78, 5) is 13.1. The molecule has 0 aliphatic carbocycles. The van der Waals surface area contributed by atoms with Crippen LogP contribution < -0.4 is 5.32 Å². The second kappa shape index (κ2) is 5.77. The molecule has 1 N–H and O–H groups in total.